The van der Waals surface area contributed by atoms with Gasteiger partial charge in [0.1, 0.15) is 6.42 Å². The summed E-state index contributed by atoms with van der Waals surface area (Å²) in [7, 11) is -3.54. The van der Waals surface area contributed by atoms with Crippen molar-refractivity contribution in [2.45, 2.75) is 25.2 Å². The van der Waals surface area contributed by atoms with Crippen LogP contribution in [0.3, 0.4) is 0 Å². The number of rotatable bonds is 3. The first-order valence-corrected chi connectivity index (χ1v) is 8.52. The zero-order valence-electron chi connectivity index (χ0n) is 12.7. The molecule has 0 aromatic heterocycles. The number of sulfonamides is 1. The van der Waals surface area contributed by atoms with Crippen LogP contribution in [-0.4, -0.2) is 49.7 Å². The molecular weight excluding hydrogens is 302 g/mol. The van der Waals surface area contributed by atoms with Gasteiger partial charge in [0.2, 0.25) is 15.9 Å². The van der Waals surface area contributed by atoms with E-state index in [1.807, 2.05) is 19.1 Å². The molecule has 1 heterocycles. The molecule has 0 unspecified atom stereocenters. The zero-order valence-corrected chi connectivity index (χ0v) is 13.6. The van der Waals surface area contributed by atoms with Crippen LogP contribution in [-0.2, 0) is 14.8 Å². The molecule has 118 valence electrons. The van der Waals surface area contributed by atoms with E-state index in [0.29, 0.717) is 18.0 Å². The Hall–Kier alpha value is -1.91. The Kier molecular flexibility index (Phi) is 4.84. The number of aryl methyl sites for hydroxylation is 2. The molecule has 0 spiro atoms. The van der Waals surface area contributed by atoms with Gasteiger partial charge < -0.3 is 4.90 Å². The summed E-state index contributed by atoms with van der Waals surface area (Å²) < 4.78 is 26.8. The van der Waals surface area contributed by atoms with Crippen molar-refractivity contribution in [3.05, 3.63) is 29.3 Å². The lowest BCUT2D eigenvalue weighted by atomic mass is 10.2. The minimum atomic E-state index is -3.54. The fourth-order valence-electron chi connectivity index (χ4n) is 2.59. The number of nitriles is 1. The standard InChI is InChI=1S/C15H19N3O3S/c1-12-3-4-14(13(2)11-12)22(20,21)18-9-7-17(8-10-18)15(19)5-6-16/h3-4,11H,5,7-10H2,1-2H3. The Bertz CT molecular complexity index is 714. The molecule has 1 aromatic rings. The number of hydrogen-bond donors (Lipinski definition) is 0. The van der Waals surface area contributed by atoms with Crippen LogP contribution in [0.5, 0.6) is 0 Å². The van der Waals surface area contributed by atoms with Gasteiger partial charge in [-0.15, -0.1) is 0 Å². The fraction of sp³-hybridized carbons (Fsp3) is 0.467. The second-order valence-corrected chi connectivity index (χ2v) is 7.30. The van der Waals surface area contributed by atoms with Crippen LogP contribution in [0, 0.1) is 25.2 Å². The molecule has 1 aliphatic rings. The molecule has 0 aliphatic carbocycles. The van der Waals surface area contributed by atoms with Crippen LogP contribution in [0.1, 0.15) is 17.5 Å². The summed E-state index contributed by atoms with van der Waals surface area (Å²) in [6.45, 7) is 4.87. The maximum Gasteiger partial charge on any atom is 0.243 e. The zero-order chi connectivity index (χ0) is 16.3. The second kappa shape index (κ2) is 6.46. The van der Waals surface area contributed by atoms with Gasteiger partial charge in [0.15, 0.2) is 0 Å². The summed E-state index contributed by atoms with van der Waals surface area (Å²) >= 11 is 0. The Balaban J connectivity index is 2.13. The van der Waals surface area contributed by atoms with Crippen molar-refractivity contribution in [3.8, 4) is 6.07 Å². The maximum absolute atomic E-state index is 12.7. The Morgan fingerprint density at radius 3 is 2.41 bits per heavy atom. The van der Waals surface area contributed by atoms with Crippen LogP contribution in [0.2, 0.25) is 0 Å². The molecule has 22 heavy (non-hydrogen) atoms. The van der Waals surface area contributed by atoms with E-state index in [4.69, 9.17) is 5.26 Å². The number of benzene rings is 1. The lowest BCUT2D eigenvalue weighted by Gasteiger charge is -2.34. The molecular formula is C15H19N3O3S. The lowest BCUT2D eigenvalue weighted by Crippen LogP contribution is -2.50. The van der Waals surface area contributed by atoms with E-state index in [1.54, 1.807) is 19.1 Å². The van der Waals surface area contributed by atoms with Crippen molar-refractivity contribution in [2.24, 2.45) is 0 Å². The highest BCUT2D eigenvalue weighted by Crippen LogP contribution is 2.22. The topological polar surface area (TPSA) is 81.5 Å². The molecule has 1 fully saturated rings. The Morgan fingerprint density at radius 1 is 1.23 bits per heavy atom. The van der Waals surface area contributed by atoms with E-state index in [0.717, 1.165) is 11.1 Å². The number of carbonyl (C=O) groups is 1. The minimum Gasteiger partial charge on any atom is -0.339 e. The third kappa shape index (κ3) is 3.29. The van der Waals surface area contributed by atoms with Crippen molar-refractivity contribution in [3.63, 3.8) is 0 Å². The minimum absolute atomic E-state index is 0.163. The molecule has 7 heteroatoms. The van der Waals surface area contributed by atoms with Gasteiger partial charge in [0, 0.05) is 26.2 Å². The maximum atomic E-state index is 12.7. The summed E-state index contributed by atoms with van der Waals surface area (Å²) in [6, 6.07) is 7.09. The molecule has 0 radical (unpaired) electrons. The molecule has 0 saturated carbocycles. The summed E-state index contributed by atoms with van der Waals surface area (Å²) in [5.41, 5.74) is 1.74. The largest absolute Gasteiger partial charge is 0.339 e. The smallest absolute Gasteiger partial charge is 0.243 e. The molecule has 1 aromatic carbocycles. The molecule has 1 aliphatic heterocycles. The number of piperazine rings is 1. The normalized spacial score (nSPS) is 16.3. The van der Waals surface area contributed by atoms with Crippen LogP contribution in [0.4, 0.5) is 0 Å². The molecule has 0 bridgehead atoms. The van der Waals surface area contributed by atoms with Crippen LogP contribution >= 0.6 is 0 Å². The Morgan fingerprint density at radius 2 is 1.86 bits per heavy atom. The molecule has 1 saturated heterocycles. The van der Waals surface area contributed by atoms with E-state index >= 15 is 0 Å². The average molecular weight is 321 g/mol. The van der Waals surface area contributed by atoms with Crippen molar-refractivity contribution in [1.29, 1.82) is 5.26 Å². The molecule has 0 N–H and O–H groups in total. The number of carbonyl (C=O) groups excluding carboxylic acids is 1. The van der Waals surface area contributed by atoms with Gasteiger partial charge in [-0.05, 0) is 25.5 Å². The quantitative estimate of drug-likeness (QED) is 0.833. The third-order valence-electron chi connectivity index (χ3n) is 3.77. The first-order chi connectivity index (χ1) is 10.4. The molecule has 1 amide bonds. The monoisotopic (exact) mass is 321 g/mol. The van der Waals surface area contributed by atoms with Gasteiger partial charge in [-0.2, -0.15) is 9.57 Å². The van der Waals surface area contributed by atoms with E-state index in [1.165, 1.54) is 9.21 Å². The SMILES string of the molecule is Cc1ccc(S(=O)(=O)N2CCN(C(=O)CC#N)CC2)c(C)c1. The van der Waals surface area contributed by atoms with Crippen molar-refractivity contribution < 1.29 is 13.2 Å². The molecule has 6 nitrogen and oxygen atoms in total. The average Bonchev–Trinajstić information content (AvgIpc) is 2.47. The summed E-state index contributed by atoms with van der Waals surface area (Å²) in [4.78, 5) is 13.5. The highest BCUT2D eigenvalue weighted by atomic mass is 32.2. The fourth-order valence-corrected chi connectivity index (χ4v) is 4.21. The summed E-state index contributed by atoms with van der Waals surface area (Å²) in [6.07, 6.45) is -0.163. The van der Waals surface area contributed by atoms with Gasteiger partial charge in [-0.25, -0.2) is 8.42 Å². The molecule has 0 atom stereocenters. The van der Waals surface area contributed by atoms with Gasteiger partial charge in [0.05, 0.1) is 11.0 Å². The predicted octanol–water partition coefficient (Wildman–Crippen LogP) is 1.05. The van der Waals surface area contributed by atoms with Gasteiger partial charge >= 0.3 is 0 Å². The van der Waals surface area contributed by atoms with E-state index in [2.05, 4.69) is 0 Å². The number of amides is 1. The first-order valence-electron chi connectivity index (χ1n) is 7.08. The van der Waals surface area contributed by atoms with Crippen LogP contribution < -0.4 is 0 Å². The highest BCUT2D eigenvalue weighted by Gasteiger charge is 2.30. The summed E-state index contributed by atoms with van der Waals surface area (Å²) in [5, 5.41) is 8.55. The Labute approximate surface area is 131 Å². The second-order valence-electron chi connectivity index (χ2n) is 5.39. The van der Waals surface area contributed by atoms with E-state index < -0.39 is 10.0 Å². The third-order valence-corrected chi connectivity index (χ3v) is 5.83. The first kappa shape index (κ1) is 16.5. The van der Waals surface area contributed by atoms with Gasteiger partial charge in [0.25, 0.3) is 0 Å². The van der Waals surface area contributed by atoms with E-state index in [9.17, 15) is 13.2 Å². The summed E-state index contributed by atoms with van der Waals surface area (Å²) in [5.74, 6) is -0.244. The van der Waals surface area contributed by atoms with Crippen molar-refractivity contribution in [2.75, 3.05) is 26.2 Å². The highest BCUT2D eigenvalue weighted by molar-refractivity contribution is 7.89. The van der Waals surface area contributed by atoms with Gasteiger partial charge in [-0.3, -0.25) is 4.79 Å². The lowest BCUT2D eigenvalue weighted by molar-refractivity contribution is -0.131. The van der Waals surface area contributed by atoms with E-state index in [-0.39, 0.29) is 25.4 Å². The van der Waals surface area contributed by atoms with Gasteiger partial charge in [-0.1, -0.05) is 17.7 Å². The van der Waals surface area contributed by atoms with Crippen LogP contribution in [0.15, 0.2) is 23.1 Å². The molecule has 2 rings (SSSR count). The number of hydrogen-bond acceptors (Lipinski definition) is 4. The van der Waals surface area contributed by atoms with Crippen molar-refractivity contribution >= 4 is 15.9 Å². The van der Waals surface area contributed by atoms with Crippen LogP contribution in [0.25, 0.3) is 0 Å². The van der Waals surface area contributed by atoms with Crippen molar-refractivity contribution in [1.82, 2.24) is 9.21 Å². The number of nitrogens with zero attached hydrogens (tertiary/aromatic N) is 3. The predicted molar refractivity (Wildman–Crippen MR) is 81.5 cm³/mol.